The normalized spacial score (nSPS) is 10.3. The highest BCUT2D eigenvalue weighted by Gasteiger charge is 2.13. The van der Waals surface area contributed by atoms with Crippen LogP contribution in [0.2, 0.25) is 0 Å². The molecule has 0 aliphatic carbocycles. The summed E-state index contributed by atoms with van der Waals surface area (Å²) in [5.74, 6) is -0.0247. The van der Waals surface area contributed by atoms with Crippen LogP contribution in [0.25, 0.3) is 0 Å². The van der Waals surface area contributed by atoms with E-state index in [-0.39, 0.29) is 12.4 Å². The third-order valence-electron chi connectivity index (χ3n) is 3.46. The van der Waals surface area contributed by atoms with Crippen molar-refractivity contribution in [2.45, 2.75) is 20.8 Å². The van der Waals surface area contributed by atoms with Crippen LogP contribution in [0.1, 0.15) is 37.4 Å². The molecule has 0 aliphatic rings. The maximum absolute atomic E-state index is 12.3. The van der Waals surface area contributed by atoms with Crippen LogP contribution in [0.5, 0.6) is 5.75 Å². The minimum Gasteiger partial charge on any atom is -0.485 e. The van der Waals surface area contributed by atoms with E-state index >= 15 is 0 Å². The van der Waals surface area contributed by atoms with E-state index in [1.807, 2.05) is 32.9 Å². The number of nitrogens with two attached hydrogens (primary N) is 1. The summed E-state index contributed by atoms with van der Waals surface area (Å²) in [6.45, 7) is 5.81. The molecule has 1 amide bonds. The second-order valence-electron chi connectivity index (χ2n) is 5.37. The molecule has 4 nitrogen and oxygen atoms in total. The van der Waals surface area contributed by atoms with Crippen molar-refractivity contribution in [2.75, 3.05) is 6.61 Å². The van der Waals surface area contributed by atoms with Crippen molar-refractivity contribution in [1.82, 2.24) is 0 Å². The minimum absolute atomic E-state index is 0.0410. The highest BCUT2D eigenvalue weighted by atomic mass is 16.5. The molecule has 0 unspecified atom stereocenters. The van der Waals surface area contributed by atoms with Crippen molar-refractivity contribution in [3.63, 3.8) is 0 Å². The van der Waals surface area contributed by atoms with Gasteiger partial charge in [-0.15, -0.1) is 0 Å². The van der Waals surface area contributed by atoms with Crippen molar-refractivity contribution in [3.8, 4) is 5.75 Å². The smallest absolute Gasteiger partial charge is 0.248 e. The molecule has 4 heteroatoms. The Kier molecular flexibility index (Phi) is 4.61. The first-order valence-corrected chi connectivity index (χ1v) is 7.02. The first-order chi connectivity index (χ1) is 10.4. The van der Waals surface area contributed by atoms with E-state index in [4.69, 9.17) is 10.5 Å². The van der Waals surface area contributed by atoms with Gasteiger partial charge in [0.05, 0.1) is 0 Å². The standard InChI is InChI=1S/C18H19NO3/c1-11-8-12(2)17(13(3)9-11)16(20)10-22-15-6-4-14(5-7-15)18(19)21/h4-9H,10H2,1-3H3,(H2,19,21). The lowest BCUT2D eigenvalue weighted by atomic mass is 9.97. The van der Waals surface area contributed by atoms with Gasteiger partial charge < -0.3 is 10.5 Å². The number of aryl methyl sites for hydroxylation is 3. The average Bonchev–Trinajstić information content (AvgIpc) is 2.44. The largest absolute Gasteiger partial charge is 0.485 e. The van der Waals surface area contributed by atoms with E-state index in [2.05, 4.69) is 0 Å². The van der Waals surface area contributed by atoms with Crippen LogP contribution >= 0.6 is 0 Å². The number of amides is 1. The molecule has 0 saturated carbocycles. The predicted molar refractivity (Wildman–Crippen MR) is 85.4 cm³/mol. The summed E-state index contributed by atoms with van der Waals surface area (Å²) in [5, 5.41) is 0. The second-order valence-corrected chi connectivity index (χ2v) is 5.37. The lowest BCUT2D eigenvalue weighted by Crippen LogP contribution is -2.15. The van der Waals surface area contributed by atoms with Gasteiger partial charge in [-0.1, -0.05) is 17.7 Å². The fourth-order valence-electron chi connectivity index (χ4n) is 2.56. The van der Waals surface area contributed by atoms with Crippen molar-refractivity contribution >= 4 is 11.7 Å². The first-order valence-electron chi connectivity index (χ1n) is 7.02. The quantitative estimate of drug-likeness (QED) is 0.863. The number of benzene rings is 2. The number of hydrogen-bond donors (Lipinski definition) is 1. The molecular formula is C18H19NO3. The summed E-state index contributed by atoms with van der Waals surface area (Å²) in [5.41, 5.74) is 9.33. The molecule has 0 heterocycles. The molecule has 0 fully saturated rings. The van der Waals surface area contributed by atoms with Gasteiger partial charge in [-0.05, 0) is 56.2 Å². The van der Waals surface area contributed by atoms with E-state index in [0.717, 1.165) is 16.7 Å². The third-order valence-corrected chi connectivity index (χ3v) is 3.46. The number of hydrogen-bond acceptors (Lipinski definition) is 3. The molecule has 0 saturated heterocycles. The molecular weight excluding hydrogens is 278 g/mol. The van der Waals surface area contributed by atoms with Crippen LogP contribution in [-0.4, -0.2) is 18.3 Å². The van der Waals surface area contributed by atoms with E-state index in [0.29, 0.717) is 16.9 Å². The number of carbonyl (C=O) groups excluding carboxylic acids is 2. The highest BCUT2D eigenvalue weighted by Crippen LogP contribution is 2.18. The lowest BCUT2D eigenvalue weighted by molar-refractivity contribution is 0.0919. The molecule has 0 atom stereocenters. The Balaban J connectivity index is 2.08. The Labute approximate surface area is 129 Å². The number of primary amides is 1. The molecule has 0 spiro atoms. The van der Waals surface area contributed by atoms with E-state index in [1.54, 1.807) is 24.3 Å². The highest BCUT2D eigenvalue weighted by molar-refractivity contribution is 6.00. The zero-order valence-electron chi connectivity index (χ0n) is 13.0. The van der Waals surface area contributed by atoms with Crippen LogP contribution < -0.4 is 10.5 Å². The van der Waals surface area contributed by atoms with Crippen molar-refractivity contribution in [3.05, 3.63) is 64.2 Å². The van der Waals surface area contributed by atoms with Crippen LogP contribution in [0.3, 0.4) is 0 Å². The maximum Gasteiger partial charge on any atom is 0.248 e. The van der Waals surface area contributed by atoms with Gasteiger partial charge in [0.25, 0.3) is 0 Å². The van der Waals surface area contributed by atoms with Gasteiger partial charge >= 0.3 is 0 Å². The molecule has 0 bridgehead atoms. The first kappa shape index (κ1) is 15.8. The van der Waals surface area contributed by atoms with E-state index in [9.17, 15) is 9.59 Å². The Bertz CT molecular complexity index is 695. The van der Waals surface area contributed by atoms with E-state index in [1.165, 1.54) is 0 Å². The van der Waals surface area contributed by atoms with Crippen LogP contribution in [-0.2, 0) is 0 Å². The number of ether oxygens (including phenoxy) is 1. The third kappa shape index (κ3) is 3.52. The molecule has 0 radical (unpaired) electrons. The fourth-order valence-corrected chi connectivity index (χ4v) is 2.56. The summed E-state index contributed by atoms with van der Waals surface area (Å²) >= 11 is 0. The zero-order chi connectivity index (χ0) is 16.3. The molecule has 0 aliphatic heterocycles. The summed E-state index contributed by atoms with van der Waals surface area (Å²) < 4.78 is 5.50. The van der Waals surface area contributed by atoms with Gasteiger partial charge in [-0.2, -0.15) is 0 Å². The summed E-state index contributed by atoms with van der Waals surface area (Å²) in [6.07, 6.45) is 0. The Hall–Kier alpha value is -2.62. The molecule has 22 heavy (non-hydrogen) atoms. The van der Waals surface area contributed by atoms with Crippen LogP contribution in [0, 0.1) is 20.8 Å². The predicted octanol–water partition coefficient (Wildman–Crippen LogP) is 2.97. The Morgan fingerprint density at radius 1 is 1.00 bits per heavy atom. The molecule has 2 N–H and O–H groups in total. The molecule has 114 valence electrons. The second kappa shape index (κ2) is 6.43. The van der Waals surface area contributed by atoms with Crippen LogP contribution in [0.15, 0.2) is 36.4 Å². The number of ketones is 1. The van der Waals surface area contributed by atoms with Crippen molar-refractivity contribution < 1.29 is 14.3 Å². The Morgan fingerprint density at radius 3 is 2.05 bits per heavy atom. The Morgan fingerprint density at radius 2 is 1.55 bits per heavy atom. The van der Waals surface area contributed by atoms with Crippen molar-refractivity contribution in [1.29, 1.82) is 0 Å². The molecule has 0 aromatic heterocycles. The maximum atomic E-state index is 12.3. The topological polar surface area (TPSA) is 69.4 Å². The number of carbonyl (C=O) groups is 2. The monoisotopic (exact) mass is 297 g/mol. The summed E-state index contributed by atoms with van der Waals surface area (Å²) in [4.78, 5) is 23.3. The molecule has 2 aromatic rings. The SMILES string of the molecule is Cc1cc(C)c(C(=O)COc2ccc(C(N)=O)cc2)c(C)c1. The van der Waals surface area contributed by atoms with Gasteiger partial charge in [-0.25, -0.2) is 0 Å². The van der Waals surface area contributed by atoms with Gasteiger partial charge in [0.1, 0.15) is 5.75 Å². The van der Waals surface area contributed by atoms with E-state index < -0.39 is 5.91 Å². The summed E-state index contributed by atoms with van der Waals surface area (Å²) in [6, 6.07) is 10.4. The fraction of sp³-hybridized carbons (Fsp3) is 0.222. The van der Waals surface area contributed by atoms with Crippen LogP contribution in [0.4, 0.5) is 0 Å². The zero-order valence-corrected chi connectivity index (χ0v) is 13.0. The van der Waals surface area contributed by atoms with Gasteiger partial charge in [0.15, 0.2) is 6.61 Å². The summed E-state index contributed by atoms with van der Waals surface area (Å²) in [7, 11) is 0. The molecule has 2 aromatic carbocycles. The lowest BCUT2D eigenvalue weighted by Gasteiger charge is -2.11. The minimum atomic E-state index is -0.492. The van der Waals surface area contributed by atoms with Crippen molar-refractivity contribution in [2.24, 2.45) is 5.73 Å². The number of rotatable bonds is 5. The van der Waals surface area contributed by atoms with Gasteiger partial charge in [-0.3, -0.25) is 9.59 Å². The average molecular weight is 297 g/mol. The molecule has 2 rings (SSSR count). The van der Waals surface area contributed by atoms with Gasteiger partial charge in [0.2, 0.25) is 11.7 Å². The van der Waals surface area contributed by atoms with Gasteiger partial charge in [0, 0.05) is 11.1 Å². The number of Topliss-reactive ketones (excluding diaryl/α,β-unsaturated/α-hetero) is 1.